The predicted octanol–water partition coefficient (Wildman–Crippen LogP) is 6.94. The quantitative estimate of drug-likeness (QED) is 0.169. The molecule has 3 aliphatic rings. The Bertz CT molecular complexity index is 1800. The number of fused-ring (bicyclic) bond motifs is 3. The number of allylic oxidation sites excluding steroid dienone is 2. The lowest BCUT2D eigenvalue weighted by Gasteiger charge is -2.29. The van der Waals surface area contributed by atoms with Crippen LogP contribution in [0.5, 0.6) is 11.8 Å². The summed E-state index contributed by atoms with van der Waals surface area (Å²) in [5.41, 5.74) is 5.21. The van der Waals surface area contributed by atoms with Crippen molar-refractivity contribution in [3.05, 3.63) is 102 Å². The van der Waals surface area contributed by atoms with E-state index in [-0.39, 0.29) is 48.5 Å². The summed E-state index contributed by atoms with van der Waals surface area (Å²) in [5.74, 6) is -0.383. The second-order valence-corrected chi connectivity index (χ2v) is 13.8. The Hall–Kier alpha value is -4.92. The van der Waals surface area contributed by atoms with Gasteiger partial charge >= 0.3 is 6.08 Å². The van der Waals surface area contributed by atoms with Crippen LogP contribution in [-0.4, -0.2) is 46.2 Å². The first-order valence-electron chi connectivity index (χ1n) is 17.5. The van der Waals surface area contributed by atoms with Gasteiger partial charge in [0.15, 0.2) is 17.1 Å². The van der Waals surface area contributed by atoms with Crippen LogP contribution in [0.1, 0.15) is 62.5 Å². The highest BCUT2D eigenvalue weighted by Gasteiger charge is 2.61. The van der Waals surface area contributed by atoms with E-state index in [0.717, 1.165) is 43.2 Å². The lowest BCUT2D eigenvalue weighted by atomic mass is 9.89. The number of hydrogen-bond donors (Lipinski definition) is 1. The van der Waals surface area contributed by atoms with Gasteiger partial charge in [0, 0.05) is 18.8 Å². The van der Waals surface area contributed by atoms with Crippen LogP contribution in [0.2, 0.25) is 0 Å². The first-order chi connectivity index (χ1) is 23.9. The highest BCUT2D eigenvalue weighted by atomic mass is 16.7. The number of carbonyl (C=O) groups excluding carboxylic acids is 3. The number of hydrogen-bond acceptors (Lipinski definition) is 7. The minimum Gasteiger partial charge on any atom is -0.445 e. The number of benzene rings is 3. The topological polar surface area (TPSA) is 111 Å². The standard InChI is InChI=1S/C40H43N3O6/c1-27-13-12-14-28(21-27)22-29-15-6-3-2-4-7-16-30-24-40(30,38(46)42-49-31-17-8-5-9-18-31)25-35(44)34-23-32(26-43(34)37(29)45)47-39-41-33-19-10-11-20-36(33)48-39/h5,7-14,16-21,29-30,32,34H,2-4,6,15,22-26H2,1H3,(H,42,46)/b16-7-/t29-,30+,32-,34+,40-/m1/s1. The van der Waals surface area contributed by atoms with E-state index in [4.69, 9.17) is 14.0 Å². The van der Waals surface area contributed by atoms with Gasteiger partial charge in [0.2, 0.25) is 5.91 Å². The van der Waals surface area contributed by atoms with Gasteiger partial charge in [-0.1, -0.05) is 85.2 Å². The van der Waals surface area contributed by atoms with E-state index >= 15 is 0 Å². The third-order valence-electron chi connectivity index (χ3n) is 10.2. The molecule has 0 spiro atoms. The lowest BCUT2D eigenvalue weighted by Crippen LogP contribution is -2.46. The summed E-state index contributed by atoms with van der Waals surface area (Å²) in [6.45, 7) is 2.29. The van der Waals surface area contributed by atoms with Crippen molar-refractivity contribution in [3.8, 4) is 11.8 Å². The number of hydroxylamine groups is 1. The van der Waals surface area contributed by atoms with Crippen LogP contribution in [0.3, 0.4) is 0 Å². The van der Waals surface area contributed by atoms with Crippen molar-refractivity contribution >= 4 is 28.7 Å². The van der Waals surface area contributed by atoms with Gasteiger partial charge in [-0.3, -0.25) is 14.4 Å². The zero-order chi connectivity index (χ0) is 33.8. The van der Waals surface area contributed by atoms with Crippen LogP contribution < -0.4 is 15.1 Å². The Labute approximate surface area is 286 Å². The van der Waals surface area contributed by atoms with Gasteiger partial charge in [0.05, 0.1) is 18.0 Å². The second kappa shape index (κ2) is 14.3. The molecule has 0 unspecified atom stereocenters. The maximum Gasteiger partial charge on any atom is 0.394 e. The fraction of sp³-hybridized carbons (Fsp3) is 0.400. The van der Waals surface area contributed by atoms with Crippen molar-refractivity contribution in [1.82, 2.24) is 15.4 Å². The van der Waals surface area contributed by atoms with Gasteiger partial charge in [-0.15, -0.1) is 0 Å². The fourth-order valence-corrected chi connectivity index (χ4v) is 7.49. The van der Waals surface area contributed by atoms with Gasteiger partial charge in [0.25, 0.3) is 5.91 Å². The highest BCUT2D eigenvalue weighted by Crippen LogP contribution is 2.57. The Kier molecular flexibility index (Phi) is 9.51. The number of para-hydroxylation sites is 3. The average Bonchev–Trinajstić information content (AvgIpc) is 3.41. The molecule has 49 heavy (non-hydrogen) atoms. The number of carbonyl (C=O) groups is 3. The Morgan fingerprint density at radius 3 is 2.69 bits per heavy atom. The van der Waals surface area contributed by atoms with E-state index in [1.165, 1.54) is 0 Å². The predicted molar refractivity (Wildman–Crippen MR) is 185 cm³/mol. The number of rotatable bonds is 7. The van der Waals surface area contributed by atoms with Crippen molar-refractivity contribution in [2.24, 2.45) is 17.3 Å². The molecule has 7 rings (SSSR count). The summed E-state index contributed by atoms with van der Waals surface area (Å²) < 4.78 is 12.1. The van der Waals surface area contributed by atoms with E-state index in [0.29, 0.717) is 36.1 Å². The van der Waals surface area contributed by atoms with Crippen molar-refractivity contribution in [2.75, 3.05) is 6.54 Å². The molecule has 9 heteroatoms. The number of amides is 2. The molecule has 4 aromatic rings. The number of nitrogens with zero attached hydrogens (tertiary/aromatic N) is 2. The molecule has 3 aromatic carbocycles. The normalized spacial score (nSPS) is 26.6. The fourth-order valence-electron chi connectivity index (χ4n) is 7.49. The number of aromatic nitrogens is 1. The molecular weight excluding hydrogens is 618 g/mol. The Morgan fingerprint density at radius 1 is 1.02 bits per heavy atom. The number of aryl methyl sites for hydroxylation is 1. The molecule has 9 nitrogen and oxygen atoms in total. The molecule has 5 atom stereocenters. The van der Waals surface area contributed by atoms with E-state index in [2.05, 4.69) is 47.7 Å². The van der Waals surface area contributed by atoms with Crippen LogP contribution >= 0.6 is 0 Å². The van der Waals surface area contributed by atoms with Crippen molar-refractivity contribution in [1.29, 1.82) is 0 Å². The zero-order valence-corrected chi connectivity index (χ0v) is 27.9. The monoisotopic (exact) mass is 661 g/mol. The molecule has 2 fully saturated rings. The molecule has 0 bridgehead atoms. The largest absolute Gasteiger partial charge is 0.445 e. The minimum absolute atomic E-state index is 0.00140. The molecule has 2 aliphatic heterocycles. The van der Waals surface area contributed by atoms with Crippen LogP contribution in [0.15, 0.2) is 95.4 Å². The lowest BCUT2D eigenvalue weighted by molar-refractivity contribution is -0.143. The Balaban J connectivity index is 1.16. The maximum atomic E-state index is 14.6. The highest BCUT2D eigenvalue weighted by molar-refractivity contribution is 5.96. The van der Waals surface area contributed by atoms with E-state index in [9.17, 15) is 14.4 Å². The molecule has 1 N–H and O–H groups in total. The first kappa shape index (κ1) is 32.6. The van der Waals surface area contributed by atoms with Crippen LogP contribution in [0.4, 0.5) is 0 Å². The summed E-state index contributed by atoms with van der Waals surface area (Å²) in [4.78, 5) is 54.6. The summed E-state index contributed by atoms with van der Waals surface area (Å²) in [7, 11) is 0. The smallest absolute Gasteiger partial charge is 0.394 e. The zero-order valence-electron chi connectivity index (χ0n) is 27.9. The van der Waals surface area contributed by atoms with Crippen molar-refractivity contribution < 1.29 is 28.4 Å². The van der Waals surface area contributed by atoms with Gasteiger partial charge in [-0.2, -0.15) is 10.5 Å². The van der Waals surface area contributed by atoms with Crippen molar-refractivity contribution in [2.45, 2.75) is 76.9 Å². The second-order valence-electron chi connectivity index (χ2n) is 13.8. The molecular formula is C40H43N3O6. The average molecular weight is 662 g/mol. The molecule has 1 saturated heterocycles. The van der Waals surface area contributed by atoms with Crippen LogP contribution in [0, 0.1) is 24.2 Å². The molecule has 254 valence electrons. The maximum absolute atomic E-state index is 14.6. The van der Waals surface area contributed by atoms with Gasteiger partial charge in [-0.05, 0) is 74.8 Å². The van der Waals surface area contributed by atoms with Crippen LogP contribution in [0.25, 0.3) is 11.1 Å². The molecule has 0 radical (unpaired) electrons. The van der Waals surface area contributed by atoms with Gasteiger partial charge in [-0.25, -0.2) is 0 Å². The minimum atomic E-state index is -0.947. The van der Waals surface area contributed by atoms with E-state index in [1.54, 1.807) is 17.0 Å². The van der Waals surface area contributed by atoms with Crippen LogP contribution in [-0.2, 0) is 20.8 Å². The number of Topliss-reactive ketones (excluding diaryl/α,β-unsaturated/α-hetero) is 1. The third kappa shape index (κ3) is 7.41. The summed E-state index contributed by atoms with van der Waals surface area (Å²) in [5, 5.41) is 0. The SMILES string of the molecule is Cc1cccc(C[C@H]2CCCCC/C=C\[C@H]3C[C@@]3(C(=O)NOc3ccccc3)CC(=O)[C@@H]3C[C@@H](Oc4nc5ccccc5o4)CN3C2=O)c1. The summed E-state index contributed by atoms with van der Waals surface area (Å²) in [6, 6.07) is 24.0. The molecule has 1 aromatic heterocycles. The summed E-state index contributed by atoms with van der Waals surface area (Å²) >= 11 is 0. The van der Waals surface area contributed by atoms with Crippen molar-refractivity contribution in [3.63, 3.8) is 0 Å². The van der Waals surface area contributed by atoms with E-state index < -0.39 is 17.6 Å². The molecule has 2 amide bonds. The third-order valence-corrected chi connectivity index (χ3v) is 10.2. The van der Waals surface area contributed by atoms with Gasteiger partial charge in [0.1, 0.15) is 11.6 Å². The Morgan fingerprint density at radius 2 is 1.86 bits per heavy atom. The molecule has 3 heterocycles. The number of nitrogens with one attached hydrogen (secondary N) is 1. The molecule has 1 saturated carbocycles. The van der Waals surface area contributed by atoms with Gasteiger partial charge < -0.3 is 18.9 Å². The first-order valence-corrected chi connectivity index (χ1v) is 17.5. The number of ether oxygens (including phenoxy) is 1. The van der Waals surface area contributed by atoms with E-state index in [1.807, 2.05) is 48.5 Å². The number of ketones is 1. The number of oxazole rings is 1. The summed E-state index contributed by atoms with van der Waals surface area (Å²) in [6.07, 6.45) is 9.81. The molecule has 1 aliphatic carbocycles.